The van der Waals surface area contributed by atoms with Gasteiger partial charge in [-0.15, -0.1) is 0 Å². The zero-order chi connectivity index (χ0) is 13.5. The van der Waals surface area contributed by atoms with Gasteiger partial charge < -0.3 is 19.9 Å². The van der Waals surface area contributed by atoms with Crippen molar-refractivity contribution in [3.8, 4) is 11.5 Å². The largest absolute Gasteiger partial charge is 0.490 e. The third-order valence-electron chi connectivity index (χ3n) is 3.29. The molecule has 0 saturated carbocycles. The number of hydrogen-bond acceptors (Lipinski definition) is 4. The summed E-state index contributed by atoms with van der Waals surface area (Å²) in [5.41, 5.74) is 6.73. The molecular formula is C15H23NO3. The fraction of sp³-hybridized carbons (Fsp3) is 0.600. The quantitative estimate of drug-likeness (QED) is 0.823. The number of benzene rings is 1. The summed E-state index contributed by atoms with van der Waals surface area (Å²) in [6.07, 6.45) is 3.57. The lowest BCUT2D eigenvalue weighted by atomic mass is 10.1. The molecule has 4 nitrogen and oxygen atoms in total. The van der Waals surface area contributed by atoms with Gasteiger partial charge in [0.25, 0.3) is 0 Å². The van der Waals surface area contributed by atoms with E-state index in [9.17, 15) is 0 Å². The van der Waals surface area contributed by atoms with Crippen LogP contribution in [0.4, 0.5) is 0 Å². The fourth-order valence-electron chi connectivity index (χ4n) is 2.32. The summed E-state index contributed by atoms with van der Waals surface area (Å²) >= 11 is 0. The molecule has 0 radical (unpaired) electrons. The summed E-state index contributed by atoms with van der Waals surface area (Å²) < 4.78 is 17.1. The molecule has 2 N–H and O–H groups in total. The van der Waals surface area contributed by atoms with Crippen molar-refractivity contribution in [3.05, 3.63) is 23.8 Å². The minimum absolute atomic E-state index is 0.348. The van der Waals surface area contributed by atoms with Crippen LogP contribution in [0.25, 0.3) is 0 Å². The van der Waals surface area contributed by atoms with Gasteiger partial charge in [0, 0.05) is 25.1 Å². The number of para-hydroxylation sites is 1. The molecule has 1 saturated heterocycles. The predicted octanol–water partition coefficient (Wildman–Crippen LogP) is 2.49. The van der Waals surface area contributed by atoms with Gasteiger partial charge >= 0.3 is 0 Å². The SMILES string of the molecule is CCOc1cccc(CN)c1OCCC1CCCO1. The van der Waals surface area contributed by atoms with Crippen LogP contribution >= 0.6 is 0 Å². The van der Waals surface area contributed by atoms with Crippen molar-refractivity contribution in [2.24, 2.45) is 5.73 Å². The summed E-state index contributed by atoms with van der Waals surface area (Å²) in [5, 5.41) is 0. The van der Waals surface area contributed by atoms with E-state index in [-0.39, 0.29) is 0 Å². The van der Waals surface area contributed by atoms with Crippen LogP contribution in [0.5, 0.6) is 11.5 Å². The second-order valence-corrected chi connectivity index (χ2v) is 4.65. The van der Waals surface area contributed by atoms with E-state index in [0.717, 1.165) is 42.9 Å². The van der Waals surface area contributed by atoms with Crippen molar-refractivity contribution in [3.63, 3.8) is 0 Å². The van der Waals surface area contributed by atoms with Gasteiger partial charge in [-0.05, 0) is 25.8 Å². The van der Waals surface area contributed by atoms with Crippen LogP contribution in [0, 0.1) is 0 Å². The van der Waals surface area contributed by atoms with Gasteiger partial charge in [-0.25, -0.2) is 0 Å². The topological polar surface area (TPSA) is 53.7 Å². The summed E-state index contributed by atoms with van der Waals surface area (Å²) in [7, 11) is 0. The van der Waals surface area contributed by atoms with Gasteiger partial charge in [-0.2, -0.15) is 0 Å². The van der Waals surface area contributed by atoms with Crippen molar-refractivity contribution in [2.75, 3.05) is 19.8 Å². The Hall–Kier alpha value is -1.26. The third kappa shape index (κ3) is 3.85. The van der Waals surface area contributed by atoms with Crippen LogP contribution < -0.4 is 15.2 Å². The highest BCUT2D eigenvalue weighted by molar-refractivity contribution is 5.46. The van der Waals surface area contributed by atoms with Gasteiger partial charge in [-0.3, -0.25) is 0 Å². The Labute approximate surface area is 114 Å². The first-order valence-electron chi connectivity index (χ1n) is 7.04. The minimum Gasteiger partial charge on any atom is -0.490 e. The number of nitrogens with two attached hydrogens (primary N) is 1. The van der Waals surface area contributed by atoms with E-state index < -0.39 is 0 Å². The Morgan fingerprint density at radius 2 is 2.26 bits per heavy atom. The van der Waals surface area contributed by atoms with Crippen LogP contribution in [0.3, 0.4) is 0 Å². The summed E-state index contributed by atoms with van der Waals surface area (Å²) in [6, 6.07) is 5.84. The Balaban J connectivity index is 1.96. The maximum atomic E-state index is 5.89. The first-order chi connectivity index (χ1) is 9.35. The smallest absolute Gasteiger partial charge is 0.165 e. The Bertz CT molecular complexity index is 389. The molecule has 0 spiro atoms. The van der Waals surface area contributed by atoms with Gasteiger partial charge in [0.2, 0.25) is 0 Å². The van der Waals surface area contributed by atoms with Crippen molar-refractivity contribution in [1.29, 1.82) is 0 Å². The second kappa shape index (κ2) is 7.36. The summed E-state index contributed by atoms with van der Waals surface area (Å²) in [6.45, 7) is 4.56. The number of hydrogen-bond donors (Lipinski definition) is 1. The molecule has 4 heteroatoms. The minimum atomic E-state index is 0.348. The average molecular weight is 265 g/mol. The molecule has 0 aliphatic carbocycles. The standard InChI is InChI=1S/C15H23NO3/c1-2-17-14-7-3-5-12(11-16)15(14)19-10-8-13-6-4-9-18-13/h3,5,7,13H,2,4,6,8-11,16H2,1H3. The van der Waals surface area contributed by atoms with Crippen LogP contribution in [-0.4, -0.2) is 25.9 Å². The molecule has 1 aliphatic rings. The molecule has 1 atom stereocenters. The summed E-state index contributed by atoms with van der Waals surface area (Å²) in [4.78, 5) is 0. The van der Waals surface area contributed by atoms with E-state index >= 15 is 0 Å². The number of ether oxygens (including phenoxy) is 3. The van der Waals surface area contributed by atoms with Crippen molar-refractivity contribution in [1.82, 2.24) is 0 Å². The molecule has 1 heterocycles. The maximum Gasteiger partial charge on any atom is 0.165 e. The zero-order valence-corrected chi connectivity index (χ0v) is 11.6. The van der Waals surface area contributed by atoms with E-state index in [1.807, 2.05) is 25.1 Å². The van der Waals surface area contributed by atoms with E-state index in [2.05, 4.69) is 0 Å². The monoisotopic (exact) mass is 265 g/mol. The molecule has 0 amide bonds. The molecule has 1 aromatic rings. The lowest BCUT2D eigenvalue weighted by molar-refractivity contribution is 0.0896. The van der Waals surface area contributed by atoms with E-state index in [1.165, 1.54) is 0 Å². The molecule has 1 aliphatic heterocycles. The van der Waals surface area contributed by atoms with Crippen molar-refractivity contribution < 1.29 is 14.2 Å². The maximum absolute atomic E-state index is 5.89. The first kappa shape index (κ1) is 14.2. The first-order valence-corrected chi connectivity index (χ1v) is 7.04. The van der Waals surface area contributed by atoms with Crippen LogP contribution in [0.15, 0.2) is 18.2 Å². The van der Waals surface area contributed by atoms with Crippen LogP contribution in [0.1, 0.15) is 31.7 Å². The highest BCUT2D eigenvalue weighted by Gasteiger charge is 2.16. The molecule has 0 bridgehead atoms. The predicted molar refractivity (Wildman–Crippen MR) is 74.6 cm³/mol. The average Bonchev–Trinajstić information content (AvgIpc) is 2.93. The Morgan fingerprint density at radius 3 is 2.95 bits per heavy atom. The third-order valence-corrected chi connectivity index (χ3v) is 3.29. The molecule has 2 rings (SSSR count). The van der Waals surface area contributed by atoms with Gasteiger partial charge in [0.15, 0.2) is 11.5 Å². The van der Waals surface area contributed by atoms with Gasteiger partial charge in [-0.1, -0.05) is 12.1 Å². The van der Waals surface area contributed by atoms with Gasteiger partial charge in [0.1, 0.15) is 0 Å². The normalized spacial score (nSPS) is 18.5. The zero-order valence-electron chi connectivity index (χ0n) is 11.6. The van der Waals surface area contributed by atoms with Crippen LogP contribution in [0.2, 0.25) is 0 Å². The van der Waals surface area contributed by atoms with Crippen LogP contribution in [-0.2, 0) is 11.3 Å². The molecule has 106 valence electrons. The van der Waals surface area contributed by atoms with Crippen molar-refractivity contribution >= 4 is 0 Å². The highest BCUT2D eigenvalue weighted by atomic mass is 16.5. The van der Waals surface area contributed by atoms with E-state index in [1.54, 1.807) is 0 Å². The highest BCUT2D eigenvalue weighted by Crippen LogP contribution is 2.31. The molecule has 1 aromatic carbocycles. The molecule has 0 aromatic heterocycles. The Kier molecular flexibility index (Phi) is 5.48. The second-order valence-electron chi connectivity index (χ2n) is 4.65. The lowest BCUT2D eigenvalue weighted by Gasteiger charge is -2.16. The molecular weight excluding hydrogens is 242 g/mol. The van der Waals surface area contributed by atoms with E-state index in [0.29, 0.717) is 25.9 Å². The summed E-state index contributed by atoms with van der Waals surface area (Å²) in [5.74, 6) is 1.56. The fourth-order valence-corrected chi connectivity index (χ4v) is 2.32. The van der Waals surface area contributed by atoms with Gasteiger partial charge in [0.05, 0.1) is 19.3 Å². The lowest BCUT2D eigenvalue weighted by Crippen LogP contribution is -2.12. The number of rotatable bonds is 7. The Morgan fingerprint density at radius 1 is 1.37 bits per heavy atom. The molecule has 19 heavy (non-hydrogen) atoms. The molecule has 1 fully saturated rings. The van der Waals surface area contributed by atoms with E-state index in [4.69, 9.17) is 19.9 Å². The molecule has 1 unspecified atom stereocenters. The van der Waals surface area contributed by atoms with Crippen molar-refractivity contribution in [2.45, 2.75) is 38.8 Å².